The van der Waals surface area contributed by atoms with Crippen molar-refractivity contribution in [1.29, 1.82) is 0 Å². The van der Waals surface area contributed by atoms with Gasteiger partial charge in [-0.1, -0.05) is 30.3 Å². The van der Waals surface area contributed by atoms with Gasteiger partial charge in [-0.2, -0.15) is 0 Å². The van der Waals surface area contributed by atoms with E-state index in [4.69, 9.17) is 21.4 Å². The summed E-state index contributed by atoms with van der Waals surface area (Å²) in [5.74, 6) is -0.0314. The maximum absolute atomic E-state index is 11.7. The van der Waals surface area contributed by atoms with Gasteiger partial charge in [0.25, 0.3) is 0 Å². The third kappa shape index (κ3) is 7.63. The van der Waals surface area contributed by atoms with Crippen molar-refractivity contribution in [2.24, 2.45) is 0 Å². The number of esters is 1. The lowest BCUT2D eigenvalue weighted by Crippen LogP contribution is -2.38. The minimum atomic E-state index is -0.402. The quantitative estimate of drug-likeness (QED) is 0.556. The zero-order chi connectivity index (χ0) is 17.9. The molecule has 0 atom stereocenters. The van der Waals surface area contributed by atoms with Crippen LogP contribution >= 0.6 is 12.2 Å². The number of nitrogens with one attached hydrogen (secondary N) is 2. The second kappa shape index (κ2) is 10.2. The Hall–Kier alpha value is -2.67. The summed E-state index contributed by atoms with van der Waals surface area (Å²) >= 11 is 5.01. The Balaban J connectivity index is 1.55. The van der Waals surface area contributed by atoms with E-state index >= 15 is 0 Å². The summed E-state index contributed by atoms with van der Waals surface area (Å²) in [4.78, 5) is 23.4. The Labute approximate surface area is 151 Å². The monoisotopic (exact) mass is 360 g/mol. The second-order valence-electron chi connectivity index (χ2n) is 5.27. The highest BCUT2D eigenvalue weighted by Gasteiger charge is 2.09. The number of ether oxygens (including phenoxy) is 1. The Morgan fingerprint density at radius 2 is 1.88 bits per heavy atom. The molecule has 2 rings (SSSR count). The molecule has 0 saturated carbocycles. The first-order chi connectivity index (χ1) is 12.1. The number of carbonyl (C=O) groups excluding carboxylic acids is 2. The molecule has 2 N–H and O–H groups in total. The molecule has 0 aliphatic heterocycles. The van der Waals surface area contributed by atoms with Crippen LogP contribution in [0.1, 0.15) is 24.2 Å². The van der Waals surface area contributed by atoms with Crippen LogP contribution in [0.2, 0.25) is 0 Å². The highest BCUT2D eigenvalue weighted by atomic mass is 32.1. The van der Waals surface area contributed by atoms with Crippen molar-refractivity contribution >= 4 is 29.2 Å². The molecule has 6 nitrogen and oxygen atoms in total. The highest BCUT2D eigenvalue weighted by molar-refractivity contribution is 7.80. The van der Waals surface area contributed by atoms with Crippen molar-refractivity contribution in [3.05, 3.63) is 60.1 Å². The van der Waals surface area contributed by atoms with Crippen LogP contribution in [0.25, 0.3) is 0 Å². The average molecular weight is 360 g/mol. The molecule has 0 bridgehead atoms. The van der Waals surface area contributed by atoms with Crippen LogP contribution in [0.15, 0.2) is 53.1 Å². The van der Waals surface area contributed by atoms with Crippen molar-refractivity contribution in [2.45, 2.75) is 25.8 Å². The first kappa shape index (κ1) is 18.7. The van der Waals surface area contributed by atoms with Gasteiger partial charge in [-0.25, -0.2) is 0 Å². The molecule has 1 aromatic carbocycles. The van der Waals surface area contributed by atoms with Crippen molar-refractivity contribution in [3.8, 4) is 0 Å². The molecule has 0 fully saturated rings. The summed E-state index contributed by atoms with van der Waals surface area (Å²) in [5, 5.41) is 5.55. The van der Waals surface area contributed by atoms with Crippen LogP contribution in [-0.2, 0) is 27.3 Å². The number of furan rings is 1. The topological polar surface area (TPSA) is 80.6 Å². The predicted octanol–water partition coefficient (Wildman–Crippen LogP) is 2.34. The van der Waals surface area contributed by atoms with Gasteiger partial charge in [0.2, 0.25) is 5.91 Å². The molecule has 7 heteroatoms. The first-order valence-corrected chi connectivity index (χ1v) is 8.34. The van der Waals surface area contributed by atoms with E-state index in [1.807, 2.05) is 30.3 Å². The number of hydrogen-bond donors (Lipinski definition) is 2. The largest absolute Gasteiger partial charge is 0.467 e. The molecule has 25 heavy (non-hydrogen) atoms. The van der Waals surface area contributed by atoms with Gasteiger partial charge in [0.15, 0.2) is 5.11 Å². The minimum absolute atomic E-state index is 0.0153. The maximum Gasteiger partial charge on any atom is 0.306 e. The fraction of sp³-hybridized carbons (Fsp3) is 0.278. The Bertz CT molecular complexity index is 686. The van der Waals surface area contributed by atoms with E-state index in [2.05, 4.69) is 10.6 Å². The normalized spacial score (nSPS) is 10.1. The number of thiocarbonyl (C=S) groups is 1. The smallest absolute Gasteiger partial charge is 0.306 e. The van der Waals surface area contributed by atoms with Gasteiger partial charge < -0.3 is 19.8 Å². The highest BCUT2D eigenvalue weighted by Crippen LogP contribution is 2.01. The zero-order valence-electron chi connectivity index (χ0n) is 13.7. The lowest BCUT2D eigenvalue weighted by atomic mass is 10.2. The number of amides is 1. The van der Waals surface area contributed by atoms with Crippen LogP contribution < -0.4 is 10.6 Å². The fourth-order valence-corrected chi connectivity index (χ4v) is 2.22. The Kier molecular flexibility index (Phi) is 7.65. The summed E-state index contributed by atoms with van der Waals surface area (Å²) in [5.41, 5.74) is 1.10. The van der Waals surface area contributed by atoms with Crippen molar-refractivity contribution in [3.63, 3.8) is 0 Å². The van der Waals surface area contributed by atoms with E-state index in [-0.39, 0.29) is 23.9 Å². The van der Waals surface area contributed by atoms with Crippen LogP contribution in [0.3, 0.4) is 0 Å². The molecular formula is C18H20N2O4S. The van der Waals surface area contributed by atoms with Crippen LogP contribution in [0, 0.1) is 0 Å². The molecule has 0 aliphatic carbocycles. The van der Waals surface area contributed by atoms with Gasteiger partial charge in [-0.3, -0.25) is 9.59 Å². The molecule has 0 unspecified atom stereocenters. The van der Waals surface area contributed by atoms with E-state index < -0.39 is 5.97 Å². The van der Waals surface area contributed by atoms with E-state index in [0.717, 1.165) is 5.56 Å². The summed E-state index contributed by atoms with van der Waals surface area (Å²) in [7, 11) is 0. The lowest BCUT2D eigenvalue weighted by molar-refractivity contribution is -0.144. The van der Waals surface area contributed by atoms with Crippen molar-refractivity contribution in [2.75, 3.05) is 6.61 Å². The molecule has 1 aromatic heterocycles. The SMILES string of the molecule is O=C(CCC(=O)OCCc1ccccc1)NC(=S)NCc1ccco1. The number of carbonyl (C=O) groups is 2. The molecule has 2 aromatic rings. The third-order valence-corrected chi connectivity index (χ3v) is 3.56. The van der Waals surface area contributed by atoms with E-state index in [1.54, 1.807) is 18.4 Å². The van der Waals surface area contributed by atoms with Gasteiger partial charge >= 0.3 is 5.97 Å². The Morgan fingerprint density at radius 3 is 2.60 bits per heavy atom. The van der Waals surface area contributed by atoms with Gasteiger partial charge in [0.1, 0.15) is 5.76 Å². The first-order valence-electron chi connectivity index (χ1n) is 7.93. The molecule has 132 valence electrons. The van der Waals surface area contributed by atoms with Gasteiger partial charge in [-0.15, -0.1) is 0 Å². The van der Waals surface area contributed by atoms with Crippen LogP contribution in [-0.4, -0.2) is 23.6 Å². The van der Waals surface area contributed by atoms with E-state index in [1.165, 1.54) is 0 Å². The zero-order valence-corrected chi connectivity index (χ0v) is 14.5. The summed E-state index contributed by atoms with van der Waals surface area (Å²) in [6.07, 6.45) is 2.25. The van der Waals surface area contributed by atoms with Gasteiger partial charge in [-0.05, 0) is 29.9 Å². The van der Waals surface area contributed by atoms with Crippen LogP contribution in [0.4, 0.5) is 0 Å². The van der Waals surface area contributed by atoms with Gasteiger partial charge in [0.05, 0.1) is 25.8 Å². The van der Waals surface area contributed by atoms with Crippen LogP contribution in [0.5, 0.6) is 0 Å². The summed E-state index contributed by atoms with van der Waals surface area (Å²) < 4.78 is 10.3. The van der Waals surface area contributed by atoms with Crippen molar-refractivity contribution < 1.29 is 18.7 Å². The number of rotatable bonds is 8. The maximum atomic E-state index is 11.7. The summed E-state index contributed by atoms with van der Waals surface area (Å²) in [6, 6.07) is 13.3. The second-order valence-corrected chi connectivity index (χ2v) is 5.67. The molecule has 0 radical (unpaired) electrons. The molecule has 0 spiro atoms. The molecule has 0 saturated heterocycles. The molecular weight excluding hydrogens is 340 g/mol. The average Bonchev–Trinajstić information content (AvgIpc) is 3.13. The fourth-order valence-electron chi connectivity index (χ4n) is 2.03. The van der Waals surface area contributed by atoms with E-state index in [0.29, 0.717) is 25.3 Å². The third-order valence-electron chi connectivity index (χ3n) is 3.31. The molecule has 1 heterocycles. The minimum Gasteiger partial charge on any atom is -0.467 e. The Morgan fingerprint density at radius 1 is 1.08 bits per heavy atom. The molecule has 1 amide bonds. The standard InChI is InChI=1S/C18H20N2O4S/c21-16(20-18(25)19-13-15-7-4-11-23-15)8-9-17(22)24-12-10-14-5-2-1-3-6-14/h1-7,11H,8-10,12-13H2,(H2,19,20,21,25). The molecule has 0 aliphatic rings. The van der Waals surface area contributed by atoms with Crippen molar-refractivity contribution in [1.82, 2.24) is 10.6 Å². The summed E-state index contributed by atoms with van der Waals surface area (Å²) in [6.45, 7) is 0.682. The number of benzene rings is 1. The lowest BCUT2D eigenvalue weighted by Gasteiger charge is -2.08. The van der Waals surface area contributed by atoms with E-state index in [9.17, 15) is 9.59 Å². The number of hydrogen-bond acceptors (Lipinski definition) is 5. The van der Waals surface area contributed by atoms with Gasteiger partial charge in [0, 0.05) is 12.8 Å². The predicted molar refractivity (Wildman–Crippen MR) is 96.6 cm³/mol.